The fraction of sp³-hybridized carbons (Fsp3) is 0.625. The van der Waals surface area contributed by atoms with Crippen LogP contribution < -0.4 is 14.8 Å². The fourth-order valence-corrected chi connectivity index (χ4v) is 2.60. The van der Waals surface area contributed by atoms with Crippen LogP contribution in [0.25, 0.3) is 0 Å². The molecule has 0 amide bonds. The van der Waals surface area contributed by atoms with Crippen LogP contribution in [0.5, 0.6) is 11.5 Å². The van der Waals surface area contributed by atoms with Gasteiger partial charge in [0, 0.05) is 12.6 Å². The number of hydrogen-bond acceptors (Lipinski definition) is 3. The first-order valence-corrected chi connectivity index (χ1v) is 8.35. The molecule has 0 saturated heterocycles. The molecule has 2 rings (SSSR count). The van der Waals surface area contributed by atoms with Crippen LogP contribution in [0.4, 0.5) is 0 Å². The smallest absolute Gasteiger partial charge is 0.175 e. The van der Waals surface area contributed by atoms with E-state index in [1.165, 1.54) is 18.4 Å². The molecule has 0 unspecified atom stereocenters. The Balaban J connectivity index is 2.07. The molecule has 1 N–H and O–H groups in total. The van der Waals surface area contributed by atoms with Crippen molar-refractivity contribution >= 4 is 15.9 Å². The summed E-state index contributed by atoms with van der Waals surface area (Å²) in [5.74, 6) is 1.67. The number of rotatable bonds is 9. The van der Waals surface area contributed by atoms with E-state index in [4.69, 9.17) is 9.47 Å². The van der Waals surface area contributed by atoms with Gasteiger partial charge in [-0.15, -0.1) is 0 Å². The zero-order valence-corrected chi connectivity index (χ0v) is 14.0. The van der Waals surface area contributed by atoms with Crippen LogP contribution in [0.15, 0.2) is 16.6 Å². The standard InChI is InChI=1S/C16H24BrNO2/c1-3-5-8-20-16-14(17)9-12(10-15(16)19-4-2)11-18-13-6-7-13/h9-10,13,18H,3-8,11H2,1-2H3. The van der Waals surface area contributed by atoms with E-state index >= 15 is 0 Å². The van der Waals surface area contributed by atoms with Crippen molar-refractivity contribution < 1.29 is 9.47 Å². The lowest BCUT2D eigenvalue weighted by molar-refractivity contribution is 0.271. The second-order valence-corrected chi connectivity index (χ2v) is 6.05. The average Bonchev–Trinajstić information content (AvgIpc) is 3.24. The number of halogens is 1. The van der Waals surface area contributed by atoms with Gasteiger partial charge in [-0.25, -0.2) is 0 Å². The van der Waals surface area contributed by atoms with Gasteiger partial charge in [0.25, 0.3) is 0 Å². The molecule has 4 heteroatoms. The molecule has 0 bridgehead atoms. The van der Waals surface area contributed by atoms with Crippen LogP contribution in [-0.4, -0.2) is 19.3 Å². The summed E-state index contributed by atoms with van der Waals surface area (Å²) < 4.78 is 12.6. The SMILES string of the molecule is CCCCOc1c(Br)cc(CNC2CC2)cc1OCC. The second kappa shape index (κ2) is 7.89. The summed E-state index contributed by atoms with van der Waals surface area (Å²) in [6.45, 7) is 6.43. The monoisotopic (exact) mass is 341 g/mol. The Morgan fingerprint density at radius 1 is 1.25 bits per heavy atom. The van der Waals surface area contributed by atoms with Crippen LogP contribution in [-0.2, 0) is 6.54 Å². The minimum absolute atomic E-state index is 0.649. The summed E-state index contributed by atoms with van der Waals surface area (Å²) in [6, 6.07) is 4.93. The predicted octanol–water partition coefficient (Wildman–Crippen LogP) is 4.28. The van der Waals surface area contributed by atoms with Crippen molar-refractivity contribution in [2.45, 2.75) is 52.1 Å². The van der Waals surface area contributed by atoms with Gasteiger partial charge in [0.2, 0.25) is 0 Å². The van der Waals surface area contributed by atoms with E-state index < -0.39 is 0 Å². The largest absolute Gasteiger partial charge is 0.490 e. The van der Waals surface area contributed by atoms with Gasteiger partial charge < -0.3 is 14.8 Å². The second-order valence-electron chi connectivity index (χ2n) is 5.20. The quantitative estimate of drug-likeness (QED) is 0.680. The minimum Gasteiger partial charge on any atom is -0.490 e. The molecule has 0 aromatic heterocycles. The topological polar surface area (TPSA) is 30.5 Å². The Bertz CT molecular complexity index is 433. The lowest BCUT2D eigenvalue weighted by atomic mass is 10.2. The van der Waals surface area contributed by atoms with Crippen LogP contribution in [0, 0.1) is 0 Å². The van der Waals surface area contributed by atoms with Crippen molar-refractivity contribution in [2.24, 2.45) is 0 Å². The molecular weight excluding hydrogens is 318 g/mol. The lowest BCUT2D eigenvalue weighted by Crippen LogP contribution is -2.15. The molecule has 1 fully saturated rings. The van der Waals surface area contributed by atoms with Crippen molar-refractivity contribution in [3.8, 4) is 11.5 Å². The Morgan fingerprint density at radius 3 is 2.70 bits per heavy atom. The maximum atomic E-state index is 5.86. The van der Waals surface area contributed by atoms with Gasteiger partial charge in [-0.1, -0.05) is 13.3 Å². The Hall–Kier alpha value is -0.740. The minimum atomic E-state index is 0.649. The molecule has 1 aliphatic rings. The summed E-state index contributed by atoms with van der Waals surface area (Å²) in [5.41, 5.74) is 1.23. The van der Waals surface area contributed by atoms with Crippen LogP contribution in [0.3, 0.4) is 0 Å². The summed E-state index contributed by atoms with van der Waals surface area (Å²) in [4.78, 5) is 0. The third kappa shape index (κ3) is 4.67. The van der Waals surface area contributed by atoms with Gasteiger partial charge >= 0.3 is 0 Å². The van der Waals surface area contributed by atoms with Crippen molar-refractivity contribution in [3.63, 3.8) is 0 Å². The van der Waals surface area contributed by atoms with Crippen molar-refractivity contribution in [1.82, 2.24) is 5.32 Å². The van der Waals surface area contributed by atoms with E-state index in [1.54, 1.807) is 0 Å². The first kappa shape index (κ1) is 15.6. The Kier molecular flexibility index (Phi) is 6.17. The predicted molar refractivity (Wildman–Crippen MR) is 85.6 cm³/mol. The molecule has 0 spiro atoms. The number of nitrogens with one attached hydrogen (secondary N) is 1. The summed E-state index contributed by atoms with van der Waals surface area (Å²) >= 11 is 3.61. The molecule has 1 saturated carbocycles. The van der Waals surface area contributed by atoms with E-state index in [-0.39, 0.29) is 0 Å². The first-order chi connectivity index (χ1) is 9.74. The highest BCUT2D eigenvalue weighted by Gasteiger charge is 2.20. The zero-order valence-electron chi connectivity index (χ0n) is 12.4. The molecule has 0 radical (unpaired) electrons. The highest BCUT2D eigenvalue weighted by atomic mass is 79.9. The van der Waals surface area contributed by atoms with Crippen molar-refractivity contribution in [1.29, 1.82) is 0 Å². The normalized spacial score (nSPS) is 14.3. The third-order valence-electron chi connectivity index (χ3n) is 3.29. The molecule has 0 aliphatic heterocycles. The van der Waals surface area contributed by atoms with Gasteiger partial charge in [0.15, 0.2) is 11.5 Å². The lowest BCUT2D eigenvalue weighted by Gasteiger charge is -2.15. The Labute approximate surface area is 130 Å². The number of unbranched alkanes of at least 4 members (excludes halogenated alkanes) is 1. The highest BCUT2D eigenvalue weighted by Crippen LogP contribution is 2.37. The molecule has 20 heavy (non-hydrogen) atoms. The average molecular weight is 342 g/mol. The van der Waals surface area contributed by atoms with Crippen LogP contribution in [0.2, 0.25) is 0 Å². The molecule has 0 atom stereocenters. The van der Waals surface area contributed by atoms with Gasteiger partial charge in [0.1, 0.15) is 0 Å². The maximum absolute atomic E-state index is 5.86. The summed E-state index contributed by atoms with van der Waals surface area (Å²) in [6.07, 6.45) is 4.80. The molecule has 112 valence electrons. The summed E-state index contributed by atoms with van der Waals surface area (Å²) in [7, 11) is 0. The number of ether oxygens (including phenoxy) is 2. The van der Waals surface area contributed by atoms with E-state index in [0.717, 1.165) is 42.0 Å². The van der Waals surface area contributed by atoms with Gasteiger partial charge in [0.05, 0.1) is 17.7 Å². The highest BCUT2D eigenvalue weighted by molar-refractivity contribution is 9.10. The fourth-order valence-electron chi connectivity index (χ4n) is 1.99. The molecule has 3 nitrogen and oxygen atoms in total. The molecule has 1 aliphatic carbocycles. The van der Waals surface area contributed by atoms with E-state index in [0.29, 0.717) is 12.6 Å². The van der Waals surface area contributed by atoms with E-state index in [9.17, 15) is 0 Å². The zero-order chi connectivity index (χ0) is 14.4. The summed E-state index contributed by atoms with van der Waals surface area (Å²) in [5, 5.41) is 3.52. The number of benzene rings is 1. The number of hydrogen-bond donors (Lipinski definition) is 1. The van der Waals surface area contributed by atoms with Crippen molar-refractivity contribution in [3.05, 3.63) is 22.2 Å². The third-order valence-corrected chi connectivity index (χ3v) is 3.87. The molecule has 1 aromatic carbocycles. The van der Waals surface area contributed by atoms with Crippen LogP contribution >= 0.6 is 15.9 Å². The molecule has 0 heterocycles. The van der Waals surface area contributed by atoms with Crippen LogP contribution in [0.1, 0.15) is 45.1 Å². The molecular formula is C16H24BrNO2. The van der Waals surface area contributed by atoms with Gasteiger partial charge in [-0.05, 0) is 59.8 Å². The van der Waals surface area contributed by atoms with E-state index in [1.807, 2.05) is 6.92 Å². The van der Waals surface area contributed by atoms with E-state index in [2.05, 4.69) is 40.3 Å². The molecule has 1 aromatic rings. The van der Waals surface area contributed by atoms with Gasteiger partial charge in [-0.2, -0.15) is 0 Å². The maximum Gasteiger partial charge on any atom is 0.175 e. The van der Waals surface area contributed by atoms with Crippen molar-refractivity contribution in [2.75, 3.05) is 13.2 Å². The van der Waals surface area contributed by atoms with Gasteiger partial charge in [-0.3, -0.25) is 0 Å². The first-order valence-electron chi connectivity index (χ1n) is 7.56. The Morgan fingerprint density at radius 2 is 2.05 bits per heavy atom.